The van der Waals surface area contributed by atoms with Crippen molar-refractivity contribution in [3.8, 4) is 6.07 Å². The molecule has 0 aliphatic rings. The fourth-order valence-corrected chi connectivity index (χ4v) is 1.19. The van der Waals surface area contributed by atoms with E-state index in [1.165, 1.54) is 6.26 Å². The zero-order chi connectivity index (χ0) is 9.84. The van der Waals surface area contributed by atoms with Gasteiger partial charge in [0.1, 0.15) is 0 Å². The molecule has 1 rings (SSSR count). The Labute approximate surface area is 81.4 Å². The van der Waals surface area contributed by atoms with Gasteiger partial charge < -0.3 is 10.2 Å². The second-order valence-electron chi connectivity index (χ2n) is 2.47. The first-order valence-electron chi connectivity index (χ1n) is 3.82. The monoisotopic (exact) mass is 196 g/mol. The molecule has 1 aromatic rings. The van der Waals surface area contributed by atoms with Gasteiger partial charge in [0.2, 0.25) is 5.22 Å². The Hall–Kier alpha value is -1.40. The highest BCUT2D eigenvalue weighted by Gasteiger charge is 2.09. The van der Waals surface area contributed by atoms with Crippen molar-refractivity contribution >= 4 is 17.3 Å². The van der Waals surface area contributed by atoms with Gasteiger partial charge in [0.15, 0.2) is 0 Å². The minimum atomic E-state index is 0.221. The molecular formula is C9H9ClN2O. The first kappa shape index (κ1) is 9.69. The maximum absolute atomic E-state index is 8.72. The highest BCUT2D eigenvalue weighted by molar-refractivity contribution is 6.30. The summed E-state index contributed by atoms with van der Waals surface area (Å²) in [4.78, 5) is 0. The molecule has 0 saturated heterocycles. The van der Waals surface area contributed by atoms with Gasteiger partial charge in [-0.25, -0.2) is 0 Å². The van der Waals surface area contributed by atoms with Crippen LogP contribution in [0.15, 0.2) is 22.3 Å². The maximum Gasteiger partial charge on any atom is 0.202 e. The van der Waals surface area contributed by atoms with Crippen LogP contribution in [0.2, 0.25) is 5.22 Å². The minimum Gasteiger partial charge on any atom is -0.452 e. The van der Waals surface area contributed by atoms with Crippen molar-refractivity contribution in [2.45, 2.75) is 13.3 Å². The molecule has 1 aromatic heterocycles. The summed E-state index contributed by atoms with van der Waals surface area (Å²) in [5.41, 5.74) is 7.21. The average Bonchev–Trinajstić information content (AvgIpc) is 2.53. The number of nitrogens with two attached hydrogens (primary N) is 1. The third kappa shape index (κ3) is 1.85. The topological polar surface area (TPSA) is 63.0 Å². The van der Waals surface area contributed by atoms with Crippen molar-refractivity contribution in [3.63, 3.8) is 0 Å². The first-order valence-corrected chi connectivity index (χ1v) is 4.20. The molecule has 0 radical (unpaired) electrons. The van der Waals surface area contributed by atoms with E-state index in [0.717, 1.165) is 0 Å². The lowest BCUT2D eigenvalue weighted by Gasteiger charge is -2.00. The van der Waals surface area contributed by atoms with Crippen LogP contribution in [0.5, 0.6) is 0 Å². The molecule has 13 heavy (non-hydrogen) atoms. The zero-order valence-corrected chi connectivity index (χ0v) is 7.93. The molecular weight excluding hydrogens is 188 g/mol. The molecule has 3 nitrogen and oxygen atoms in total. The molecule has 0 fully saturated rings. The van der Waals surface area contributed by atoms with Crippen molar-refractivity contribution in [1.82, 2.24) is 0 Å². The van der Waals surface area contributed by atoms with E-state index < -0.39 is 0 Å². The zero-order valence-electron chi connectivity index (χ0n) is 7.17. The Kier molecular flexibility index (Phi) is 2.99. The van der Waals surface area contributed by atoms with Crippen LogP contribution in [-0.2, 0) is 0 Å². The van der Waals surface area contributed by atoms with Crippen LogP contribution in [-0.4, -0.2) is 0 Å². The maximum atomic E-state index is 8.72. The summed E-state index contributed by atoms with van der Waals surface area (Å²) < 4.78 is 4.87. The Morgan fingerprint density at radius 2 is 2.46 bits per heavy atom. The third-order valence-corrected chi connectivity index (χ3v) is 2.01. The van der Waals surface area contributed by atoms with Crippen molar-refractivity contribution in [3.05, 3.63) is 28.7 Å². The van der Waals surface area contributed by atoms with E-state index in [1.54, 1.807) is 6.07 Å². The van der Waals surface area contributed by atoms with Gasteiger partial charge in [-0.05, 0) is 24.1 Å². The summed E-state index contributed by atoms with van der Waals surface area (Å²) in [5.74, 6) is 0. The average molecular weight is 197 g/mol. The second-order valence-corrected chi connectivity index (χ2v) is 2.81. The highest BCUT2D eigenvalue weighted by atomic mass is 35.5. The van der Waals surface area contributed by atoms with Crippen molar-refractivity contribution in [2.75, 3.05) is 0 Å². The molecule has 0 spiro atoms. The molecule has 4 heteroatoms. The van der Waals surface area contributed by atoms with Crippen LogP contribution < -0.4 is 5.73 Å². The van der Waals surface area contributed by atoms with Gasteiger partial charge in [0, 0.05) is 0 Å². The summed E-state index contributed by atoms with van der Waals surface area (Å²) in [6.07, 6.45) is 2.03. The van der Waals surface area contributed by atoms with Gasteiger partial charge in [-0.3, -0.25) is 0 Å². The number of halogens is 1. The van der Waals surface area contributed by atoms with E-state index in [-0.39, 0.29) is 5.22 Å². The lowest BCUT2D eigenvalue weighted by atomic mass is 10.1. The predicted molar refractivity (Wildman–Crippen MR) is 50.7 cm³/mol. The minimum absolute atomic E-state index is 0.221. The summed E-state index contributed by atoms with van der Waals surface area (Å²) >= 11 is 5.70. The van der Waals surface area contributed by atoms with Gasteiger partial charge in [-0.2, -0.15) is 5.26 Å². The van der Waals surface area contributed by atoms with E-state index in [0.29, 0.717) is 23.3 Å². The summed E-state index contributed by atoms with van der Waals surface area (Å²) in [6.45, 7) is 1.86. The number of hydrogen-bond acceptors (Lipinski definition) is 3. The van der Waals surface area contributed by atoms with E-state index in [2.05, 4.69) is 0 Å². The van der Waals surface area contributed by atoms with Crippen LogP contribution in [0.3, 0.4) is 0 Å². The Morgan fingerprint density at radius 3 is 2.85 bits per heavy atom. The number of furan rings is 1. The second kappa shape index (κ2) is 4.01. The smallest absolute Gasteiger partial charge is 0.202 e. The third-order valence-electron chi connectivity index (χ3n) is 1.72. The number of hydrogen-bond donors (Lipinski definition) is 1. The molecule has 0 unspecified atom stereocenters. The highest BCUT2D eigenvalue weighted by Crippen LogP contribution is 2.24. The standard InChI is InChI=1S/C9H9ClN2O/c1-2-6(5-11)8(12)7-3-4-13-9(7)10/h3-4H,2,12H2,1H3/b8-6-. The van der Waals surface area contributed by atoms with Crippen LogP contribution in [0.1, 0.15) is 18.9 Å². The van der Waals surface area contributed by atoms with E-state index in [9.17, 15) is 0 Å². The molecule has 0 aliphatic heterocycles. The number of allylic oxidation sites excluding steroid dienone is 1. The van der Waals surface area contributed by atoms with E-state index in [4.69, 9.17) is 27.0 Å². The number of rotatable bonds is 2. The quantitative estimate of drug-likeness (QED) is 0.740. The SMILES string of the molecule is CC/C(C#N)=C(/N)c1ccoc1Cl. The lowest BCUT2D eigenvalue weighted by Crippen LogP contribution is -1.99. The van der Waals surface area contributed by atoms with Gasteiger partial charge in [0.25, 0.3) is 0 Å². The number of nitriles is 1. The van der Waals surface area contributed by atoms with Crippen molar-refractivity contribution in [1.29, 1.82) is 5.26 Å². The van der Waals surface area contributed by atoms with E-state index >= 15 is 0 Å². The van der Waals surface area contributed by atoms with E-state index in [1.807, 2.05) is 13.0 Å². The van der Waals surface area contributed by atoms with Crippen LogP contribution in [0.25, 0.3) is 5.70 Å². The molecule has 2 N–H and O–H groups in total. The fourth-order valence-electron chi connectivity index (χ4n) is 0.979. The van der Waals surface area contributed by atoms with Gasteiger partial charge in [-0.15, -0.1) is 0 Å². The summed E-state index contributed by atoms with van der Waals surface area (Å²) in [7, 11) is 0. The molecule has 1 heterocycles. The molecule has 68 valence electrons. The molecule has 0 bridgehead atoms. The van der Waals surface area contributed by atoms with Crippen LogP contribution in [0, 0.1) is 11.3 Å². The van der Waals surface area contributed by atoms with Crippen LogP contribution in [0.4, 0.5) is 0 Å². The Balaban J connectivity index is 3.17. The van der Waals surface area contributed by atoms with Gasteiger partial charge >= 0.3 is 0 Å². The fraction of sp³-hybridized carbons (Fsp3) is 0.222. The first-order chi connectivity index (χ1) is 6.20. The van der Waals surface area contributed by atoms with Crippen LogP contribution >= 0.6 is 11.6 Å². The lowest BCUT2D eigenvalue weighted by molar-refractivity contribution is 0.568. The molecule has 0 atom stereocenters. The Bertz CT molecular complexity index is 373. The van der Waals surface area contributed by atoms with Crippen molar-refractivity contribution in [2.24, 2.45) is 5.73 Å². The Morgan fingerprint density at radius 1 is 1.77 bits per heavy atom. The summed E-state index contributed by atoms with van der Waals surface area (Å²) in [5, 5.41) is 8.95. The largest absolute Gasteiger partial charge is 0.452 e. The molecule has 0 aromatic carbocycles. The molecule has 0 aliphatic carbocycles. The molecule has 0 amide bonds. The van der Waals surface area contributed by atoms with Gasteiger partial charge in [-0.1, -0.05) is 6.92 Å². The van der Waals surface area contributed by atoms with Crippen molar-refractivity contribution < 1.29 is 4.42 Å². The predicted octanol–water partition coefficient (Wildman–Crippen LogP) is 2.54. The molecule has 0 saturated carbocycles. The normalized spacial score (nSPS) is 12.1. The van der Waals surface area contributed by atoms with Gasteiger partial charge in [0.05, 0.1) is 29.2 Å². The number of nitrogens with zero attached hydrogens (tertiary/aromatic N) is 1. The summed E-state index contributed by atoms with van der Waals surface area (Å²) in [6, 6.07) is 3.66.